The Bertz CT molecular complexity index is 1430. The van der Waals surface area contributed by atoms with Crippen LogP contribution in [0.2, 0.25) is 0 Å². The van der Waals surface area contributed by atoms with Crippen molar-refractivity contribution in [2.75, 3.05) is 28.7 Å². The van der Waals surface area contributed by atoms with Crippen molar-refractivity contribution in [3.05, 3.63) is 96.6 Å². The van der Waals surface area contributed by atoms with Crippen molar-refractivity contribution in [1.82, 2.24) is 0 Å². The largest absolute Gasteiger partial charge is 0.493 e. The fourth-order valence-corrected chi connectivity index (χ4v) is 4.23. The standard InChI is InChI=1S/C29H25N3O4/c33-27(13-6-18-36-26-12-5-8-20-7-1-2-9-23(20)26)30-22-16-14-21(15-17-22)29(35)32-19-28(34)31-24-10-3-4-11-25(24)32/h1-5,7-12,14-17H,6,13,18-19H2,(H,30,33)(H,31,34). The summed E-state index contributed by atoms with van der Waals surface area (Å²) >= 11 is 0. The number of carbonyl (C=O) groups is 3. The number of hydrogen-bond acceptors (Lipinski definition) is 4. The van der Waals surface area contributed by atoms with Crippen molar-refractivity contribution in [2.45, 2.75) is 12.8 Å². The molecule has 0 aromatic heterocycles. The summed E-state index contributed by atoms with van der Waals surface area (Å²) in [6.07, 6.45) is 0.882. The van der Waals surface area contributed by atoms with E-state index < -0.39 is 0 Å². The third-order valence-corrected chi connectivity index (χ3v) is 5.99. The molecule has 36 heavy (non-hydrogen) atoms. The van der Waals surface area contributed by atoms with E-state index >= 15 is 0 Å². The van der Waals surface area contributed by atoms with E-state index in [0.29, 0.717) is 42.1 Å². The Balaban J connectivity index is 1.14. The van der Waals surface area contributed by atoms with Gasteiger partial charge in [-0.1, -0.05) is 48.5 Å². The van der Waals surface area contributed by atoms with Crippen LogP contribution in [-0.4, -0.2) is 30.9 Å². The second-order valence-corrected chi connectivity index (χ2v) is 8.51. The molecule has 180 valence electrons. The summed E-state index contributed by atoms with van der Waals surface area (Å²) in [4.78, 5) is 38.9. The summed E-state index contributed by atoms with van der Waals surface area (Å²) in [6, 6.07) is 27.8. The number of amides is 3. The van der Waals surface area contributed by atoms with Crippen molar-refractivity contribution in [1.29, 1.82) is 0 Å². The number of fused-ring (bicyclic) bond motifs is 2. The maximum atomic E-state index is 13.1. The minimum absolute atomic E-state index is 0.0464. The Hall–Kier alpha value is -4.65. The van der Waals surface area contributed by atoms with Gasteiger partial charge in [0.2, 0.25) is 11.8 Å². The molecule has 1 heterocycles. The first kappa shape index (κ1) is 23.1. The summed E-state index contributed by atoms with van der Waals surface area (Å²) < 4.78 is 5.90. The summed E-state index contributed by atoms with van der Waals surface area (Å²) in [5.74, 6) is 0.163. The quantitative estimate of drug-likeness (QED) is 0.355. The van der Waals surface area contributed by atoms with Crippen LogP contribution in [0.1, 0.15) is 23.2 Å². The van der Waals surface area contributed by atoms with Gasteiger partial charge in [-0.2, -0.15) is 0 Å². The molecule has 0 saturated carbocycles. The molecule has 4 aromatic carbocycles. The van der Waals surface area contributed by atoms with Gasteiger partial charge in [-0.25, -0.2) is 0 Å². The molecule has 7 nitrogen and oxygen atoms in total. The molecule has 1 aliphatic heterocycles. The predicted molar refractivity (Wildman–Crippen MR) is 140 cm³/mol. The van der Waals surface area contributed by atoms with Crippen LogP contribution in [-0.2, 0) is 9.59 Å². The Labute approximate surface area is 208 Å². The first-order valence-corrected chi connectivity index (χ1v) is 11.8. The molecule has 4 aromatic rings. The Kier molecular flexibility index (Phi) is 6.62. The molecule has 5 rings (SSSR count). The predicted octanol–water partition coefficient (Wildman–Crippen LogP) is 5.24. The van der Waals surface area contributed by atoms with Crippen LogP contribution in [0, 0.1) is 0 Å². The van der Waals surface area contributed by atoms with Gasteiger partial charge in [0.25, 0.3) is 5.91 Å². The smallest absolute Gasteiger partial charge is 0.258 e. The molecular weight excluding hydrogens is 454 g/mol. The van der Waals surface area contributed by atoms with Crippen LogP contribution >= 0.6 is 0 Å². The van der Waals surface area contributed by atoms with Crippen molar-refractivity contribution >= 4 is 45.6 Å². The highest BCUT2D eigenvalue weighted by Gasteiger charge is 2.27. The molecule has 0 radical (unpaired) electrons. The van der Waals surface area contributed by atoms with Crippen LogP contribution in [0.3, 0.4) is 0 Å². The number of carbonyl (C=O) groups excluding carboxylic acids is 3. The van der Waals surface area contributed by atoms with Gasteiger partial charge in [0.15, 0.2) is 0 Å². The lowest BCUT2D eigenvalue weighted by Crippen LogP contribution is -2.42. The van der Waals surface area contributed by atoms with Crippen LogP contribution in [0.25, 0.3) is 10.8 Å². The number of anilines is 3. The van der Waals surface area contributed by atoms with Gasteiger partial charge in [-0.3, -0.25) is 19.3 Å². The summed E-state index contributed by atoms with van der Waals surface area (Å²) in [5, 5.41) is 7.79. The van der Waals surface area contributed by atoms with Crippen molar-refractivity contribution < 1.29 is 19.1 Å². The molecular formula is C29H25N3O4. The van der Waals surface area contributed by atoms with Gasteiger partial charge in [0, 0.05) is 23.1 Å². The van der Waals surface area contributed by atoms with E-state index in [1.165, 1.54) is 4.90 Å². The fraction of sp³-hybridized carbons (Fsp3) is 0.138. The van der Waals surface area contributed by atoms with Crippen molar-refractivity contribution in [3.63, 3.8) is 0 Å². The Morgan fingerprint density at radius 1 is 0.889 bits per heavy atom. The van der Waals surface area contributed by atoms with Gasteiger partial charge in [-0.15, -0.1) is 0 Å². The maximum Gasteiger partial charge on any atom is 0.258 e. The zero-order valence-electron chi connectivity index (χ0n) is 19.6. The molecule has 7 heteroatoms. The van der Waals surface area contributed by atoms with E-state index in [9.17, 15) is 14.4 Å². The number of nitrogens with one attached hydrogen (secondary N) is 2. The highest BCUT2D eigenvalue weighted by molar-refractivity contribution is 6.15. The fourth-order valence-electron chi connectivity index (χ4n) is 4.23. The van der Waals surface area contributed by atoms with Gasteiger partial charge in [-0.05, 0) is 54.3 Å². The van der Waals surface area contributed by atoms with Crippen LogP contribution < -0.4 is 20.3 Å². The molecule has 1 aliphatic rings. The number of benzene rings is 4. The lowest BCUT2D eigenvalue weighted by Gasteiger charge is -2.29. The van der Waals surface area contributed by atoms with E-state index in [2.05, 4.69) is 10.6 Å². The van der Waals surface area contributed by atoms with Gasteiger partial charge < -0.3 is 15.4 Å². The number of nitrogens with zero attached hydrogens (tertiary/aromatic N) is 1. The van der Waals surface area contributed by atoms with Gasteiger partial charge in [0.1, 0.15) is 12.3 Å². The zero-order valence-corrected chi connectivity index (χ0v) is 19.6. The number of para-hydroxylation sites is 2. The minimum atomic E-state index is -0.277. The molecule has 0 saturated heterocycles. The number of ether oxygens (including phenoxy) is 1. The van der Waals surface area contributed by atoms with Crippen LogP contribution in [0.4, 0.5) is 17.1 Å². The normalized spacial score (nSPS) is 12.6. The van der Waals surface area contributed by atoms with Crippen LogP contribution in [0.5, 0.6) is 5.75 Å². The molecule has 3 amide bonds. The van der Waals surface area contributed by atoms with E-state index in [4.69, 9.17) is 4.74 Å². The van der Waals surface area contributed by atoms with Crippen LogP contribution in [0.15, 0.2) is 91.0 Å². The molecule has 0 spiro atoms. The van der Waals surface area contributed by atoms with Gasteiger partial charge >= 0.3 is 0 Å². The monoisotopic (exact) mass is 479 g/mol. The topological polar surface area (TPSA) is 87.7 Å². The van der Waals surface area contributed by atoms with E-state index in [0.717, 1.165) is 16.5 Å². The van der Waals surface area contributed by atoms with Crippen molar-refractivity contribution in [3.8, 4) is 5.75 Å². The first-order valence-electron chi connectivity index (χ1n) is 11.8. The third kappa shape index (κ3) is 5.05. The average Bonchev–Trinajstić information content (AvgIpc) is 2.90. The first-order chi connectivity index (χ1) is 17.6. The molecule has 0 bridgehead atoms. The summed E-state index contributed by atoms with van der Waals surface area (Å²) in [6.45, 7) is 0.384. The molecule has 0 fully saturated rings. The minimum Gasteiger partial charge on any atom is -0.493 e. The highest BCUT2D eigenvalue weighted by atomic mass is 16.5. The van der Waals surface area contributed by atoms with Gasteiger partial charge in [0.05, 0.1) is 18.0 Å². The van der Waals surface area contributed by atoms with Crippen molar-refractivity contribution in [2.24, 2.45) is 0 Å². The SMILES string of the molecule is O=C(CCCOc1cccc2ccccc12)Nc1ccc(C(=O)N2CC(=O)Nc3ccccc32)cc1. The van der Waals surface area contributed by atoms with E-state index in [1.54, 1.807) is 42.5 Å². The second-order valence-electron chi connectivity index (χ2n) is 8.51. The Morgan fingerprint density at radius 2 is 1.64 bits per heavy atom. The molecule has 0 aliphatic carbocycles. The number of hydrogen-bond donors (Lipinski definition) is 2. The highest BCUT2D eigenvalue weighted by Crippen LogP contribution is 2.30. The van der Waals surface area contributed by atoms with E-state index in [1.807, 2.05) is 48.5 Å². The number of rotatable bonds is 7. The maximum absolute atomic E-state index is 13.1. The molecule has 0 unspecified atom stereocenters. The molecule has 0 atom stereocenters. The zero-order chi connectivity index (χ0) is 24.9. The summed E-state index contributed by atoms with van der Waals surface area (Å²) in [7, 11) is 0. The third-order valence-electron chi connectivity index (χ3n) is 5.99. The lowest BCUT2D eigenvalue weighted by molar-refractivity contribution is -0.116. The van der Waals surface area contributed by atoms with E-state index in [-0.39, 0.29) is 24.3 Å². The Morgan fingerprint density at radius 3 is 2.50 bits per heavy atom. The second kappa shape index (κ2) is 10.3. The average molecular weight is 480 g/mol. The lowest BCUT2D eigenvalue weighted by atomic mass is 10.1. The summed E-state index contributed by atoms with van der Waals surface area (Å²) in [5.41, 5.74) is 2.30. The molecule has 2 N–H and O–H groups in total.